The van der Waals surface area contributed by atoms with Crippen LogP contribution in [0.3, 0.4) is 0 Å². The first-order valence-electron chi connectivity index (χ1n) is 20.4. The van der Waals surface area contributed by atoms with Gasteiger partial charge in [-0.2, -0.15) is 0 Å². The SMILES string of the molecule is Cc1ccc(C(=O)Nc2ccc(CNCC(O)c3ccc(O)c4[nH]c(=O)ccc34)cc2)cc1N(C)C(=O)CCN1CCC(OC(=O)Nc2ccccc2-c2ccccc2)CC1. The summed E-state index contributed by atoms with van der Waals surface area (Å²) in [5, 5.41) is 30.6. The number of para-hydroxylation sites is 1. The van der Waals surface area contributed by atoms with Crippen LogP contribution >= 0.6 is 0 Å². The smallest absolute Gasteiger partial charge is 0.411 e. The van der Waals surface area contributed by atoms with Crippen molar-refractivity contribution in [3.63, 3.8) is 0 Å². The molecule has 0 aliphatic carbocycles. The lowest BCUT2D eigenvalue weighted by atomic mass is 10.0. The van der Waals surface area contributed by atoms with E-state index in [-0.39, 0.29) is 41.3 Å². The highest BCUT2D eigenvalue weighted by Gasteiger charge is 2.24. The van der Waals surface area contributed by atoms with Gasteiger partial charge in [-0.1, -0.05) is 72.8 Å². The Morgan fingerprint density at radius 3 is 2.39 bits per heavy atom. The van der Waals surface area contributed by atoms with Gasteiger partial charge in [-0.05, 0) is 84.5 Å². The molecular weight excluding hydrogens is 773 g/mol. The molecule has 7 rings (SSSR count). The van der Waals surface area contributed by atoms with E-state index in [1.807, 2.05) is 79.7 Å². The number of likely N-dealkylation sites (tertiary alicyclic amines) is 1. The summed E-state index contributed by atoms with van der Waals surface area (Å²) in [6.45, 7) is 4.56. The predicted octanol–water partition coefficient (Wildman–Crippen LogP) is 7.35. The Hall–Kier alpha value is -6.80. The summed E-state index contributed by atoms with van der Waals surface area (Å²) in [5.74, 6) is -0.444. The largest absolute Gasteiger partial charge is 0.506 e. The molecule has 1 aliphatic rings. The summed E-state index contributed by atoms with van der Waals surface area (Å²) < 4.78 is 5.78. The first-order chi connectivity index (χ1) is 29.5. The van der Waals surface area contributed by atoms with Crippen molar-refractivity contribution in [2.24, 2.45) is 0 Å². The van der Waals surface area contributed by atoms with Crippen LogP contribution in [0.15, 0.2) is 126 Å². The number of hydrogen-bond acceptors (Lipinski definition) is 9. The molecule has 1 unspecified atom stereocenters. The summed E-state index contributed by atoms with van der Waals surface area (Å²) in [4.78, 5) is 57.7. The zero-order valence-corrected chi connectivity index (χ0v) is 34.2. The van der Waals surface area contributed by atoms with Crippen molar-refractivity contribution in [2.75, 3.05) is 48.8 Å². The molecule has 2 heterocycles. The standard InChI is InChI=1S/C48H50N6O7/c1-31-12-15-34(47(59)50-35-16-13-32(14-17-35)29-49-30-43(56)38-18-20-42(55)46-39(38)19-21-44(57)52-46)28-41(31)53(2)45(58)24-27-54-25-22-36(23-26-54)61-48(60)51-40-11-7-6-10-37(40)33-8-4-3-5-9-33/h3-21,28,36,43,49,55-56H,22-27,29-30H2,1-2H3,(H,50,59)(H,51,60)(H,52,57). The number of carbonyl (C=O) groups is 3. The van der Waals surface area contributed by atoms with Crippen molar-refractivity contribution in [2.45, 2.75) is 44.9 Å². The zero-order valence-electron chi connectivity index (χ0n) is 34.2. The Labute approximate surface area is 354 Å². The number of phenols is 1. The lowest BCUT2D eigenvalue weighted by molar-refractivity contribution is -0.118. The number of aryl methyl sites for hydroxylation is 1. The number of anilines is 3. The van der Waals surface area contributed by atoms with E-state index in [0.29, 0.717) is 79.0 Å². The molecular formula is C48H50N6O7. The quantitative estimate of drug-likeness (QED) is 0.0656. The van der Waals surface area contributed by atoms with Crippen LogP contribution in [-0.4, -0.2) is 77.3 Å². The van der Waals surface area contributed by atoms with Crippen LogP contribution in [0, 0.1) is 6.92 Å². The van der Waals surface area contributed by atoms with Gasteiger partial charge in [-0.25, -0.2) is 4.79 Å². The van der Waals surface area contributed by atoms with E-state index in [2.05, 4.69) is 25.8 Å². The maximum atomic E-state index is 13.4. The summed E-state index contributed by atoms with van der Waals surface area (Å²) in [7, 11) is 1.72. The number of rotatable bonds is 14. The van der Waals surface area contributed by atoms with Gasteiger partial charge in [-0.3, -0.25) is 19.7 Å². The number of nitrogens with one attached hydrogen (secondary N) is 4. The van der Waals surface area contributed by atoms with Crippen LogP contribution in [0.5, 0.6) is 5.75 Å². The third kappa shape index (κ3) is 10.7. The van der Waals surface area contributed by atoms with Crippen molar-refractivity contribution in [1.82, 2.24) is 15.2 Å². The summed E-state index contributed by atoms with van der Waals surface area (Å²) in [6.07, 6.45) is 0.0517. The van der Waals surface area contributed by atoms with E-state index >= 15 is 0 Å². The number of ether oxygens (including phenoxy) is 1. The van der Waals surface area contributed by atoms with Gasteiger partial charge >= 0.3 is 6.09 Å². The molecule has 5 aromatic carbocycles. The second kappa shape index (κ2) is 19.5. The monoisotopic (exact) mass is 822 g/mol. The Kier molecular flexibility index (Phi) is 13.5. The number of benzene rings is 5. The molecule has 6 aromatic rings. The maximum absolute atomic E-state index is 13.4. The van der Waals surface area contributed by atoms with E-state index in [0.717, 1.165) is 22.3 Å². The van der Waals surface area contributed by atoms with Gasteiger partial charge in [0.2, 0.25) is 11.5 Å². The van der Waals surface area contributed by atoms with Gasteiger partial charge in [0.25, 0.3) is 5.91 Å². The number of aromatic nitrogens is 1. The molecule has 1 atom stereocenters. The molecule has 314 valence electrons. The molecule has 1 saturated heterocycles. The zero-order chi connectivity index (χ0) is 42.9. The van der Waals surface area contributed by atoms with Crippen molar-refractivity contribution in [1.29, 1.82) is 0 Å². The number of piperidine rings is 1. The Morgan fingerprint density at radius 2 is 1.62 bits per heavy atom. The Balaban J connectivity index is 0.845. The minimum absolute atomic E-state index is 0.0664. The van der Waals surface area contributed by atoms with Crippen molar-refractivity contribution in [3.05, 3.63) is 154 Å². The summed E-state index contributed by atoms with van der Waals surface area (Å²) in [6, 6.07) is 36.2. The van der Waals surface area contributed by atoms with Gasteiger partial charge in [0.1, 0.15) is 11.9 Å². The van der Waals surface area contributed by atoms with Gasteiger partial charge in [-0.15, -0.1) is 0 Å². The third-order valence-electron chi connectivity index (χ3n) is 11.1. The molecule has 13 heteroatoms. The topological polar surface area (TPSA) is 176 Å². The number of aliphatic hydroxyl groups excluding tert-OH is 1. The molecule has 0 saturated carbocycles. The van der Waals surface area contributed by atoms with Crippen molar-refractivity contribution < 1.29 is 29.3 Å². The van der Waals surface area contributed by atoms with Crippen LogP contribution in [-0.2, 0) is 16.1 Å². The average Bonchev–Trinajstić information content (AvgIpc) is 3.27. The van der Waals surface area contributed by atoms with Crippen LogP contribution in [0.4, 0.5) is 21.9 Å². The molecule has 3 amide bonds. The van der Waals surface area contributed by atoms with Gasteiger partial charge in [0.05, 0.1) is 17.3 Å². The van der Waals surface area contributed by atoms with E-state index < -0.39 is 12.2 Å². The minimum atomic E-state index is -0.886. The molecule has 6 N–H and O–H groups in total. The normalized spacial score (nSPS) is 13.7. The highest BCUT2D eigenvalue weighted by Crippen LogP contribution is 2.30. The fourth-order valence-corrected chi connectivity index (χ4v) is 7.59. The lowest BCUT2D eigenvalue weighted by Crippen LogP contribution is -2.40. The molecule has 1 fully saturated rings. The van der Waals surface area contributed by atoms with E-state index in [1.54, 1.807) is 48.3 Å². The number of H-pyrrole nitrogens is 1. The fraction of sp³-hybridized carbons (Fsp3) is 0.250. The molecule has 0 bridgehead atoms. The highest BCUT2D eigenvalue weighted by molar-refractivity contribution is 6.06. The number of aromatic hydroxyl groups is 1. The Bertz CT molecular complexity index is 2550. The molecule has 13 nitrogen and oxygen atoms in total. The Morgan fingerprint density at radius 1 is 0.885 bits per heavy atom. The number of aliphatic hydroxyl groups is 1. The third-order valence-corrected chi connectivity index (χ3v) is 11.1. The molecule has 1 aliphatic heterocycles. The van der Waals surface area contributed by atoms with Gasteiger partial charge < -0.3 is 40.4 Å². The second-order valence-electron chi connectivity index (χ2n) is 15.3. The fourth-order valence-electron chi connectivity index (χ4n) is 7.59. The minimum Gasteiger partial charge on any atom is -0.506 e. The summed E-state index contributed by atoms with van der Waals surface area (Å²) in [5.41, 5.74) is 6.61. The van der Waals surface area contributed by atoms with Crippen LogP contribution in [0.2, 0.25) is 0 Å². The molecule has 1 aromatic heterocycles. The van der Waals surface area contributed by atoms with Gasteiger partial charge in [0, 0.05) is 80.1 Å². The van der Waals surface area contributed by atoms with Crippen LogP contribution in [0.1, 0.15) is 52.4 Å². The first-order valence-corrected chi connectivity index (χ1v) is 20.4. The van der Waals surface area contributed by atoms with Crippen LogP contribution in [0.25, 0.3) is 22.0 Å². The van der Waals surface area contributed by atoms with Gasteiger partial charge in [0.15, 0.2) is 0 Å². The predicted molar refractivity (Wildman–Crippen MR) is 238 cm³/mol. The second-order valence-corrected chi connectivity index (χ2v) is 15.3. The van der Waals surface area contributed by atoms with E-state index in [4.69, 9.17) is 4.74 Å². The molecule has 61 heavy (non-hydrogen) atoms. The number of aromatic amines is 1. The number of pyridine rings is 1. The molecule has 0 radical (unpaired) electrons. The first kappa shape index (κ1) is 42.3. The molecule has 0 spiro atoms. The number of amides is 3. The highest BCUT2D eigenvalue weighted by atomic mass is 16.6. The maximum Gasteiger partial charge on any atom is 0.411 e. The summed E-state index contributed by atoms with van der Waals surface area (Å²) >= 11 is 0. The number of phenolic OH excluding ortho intramolecular Hbond substituents is 1. The van der Waals surface area contributed by atoms with E-state index in [1.165, 1.54) is 12.1 Å². The van der Waals surface area contributed by atoms with Crippen LogP contribution < -0.4 is 26.4 Å². The van der Waals surface area contributed by atoms with E-state index in [9.17, 15) is 29.4 Å². The number of carbonyl (C=O) groups excluding carboxylic acids is 3. The van der Waals surface area contributed by atoms with Crippen molar-refractivity contribution in [3.8, 4) is 16.9 Å². The lowest BCUT2D eigenvalue weighted by Gasteiger charge is -2.32. The average molecular weight is 823 g/mol. The van der Waals surface area contributed by atoms with Crippen molar-refractivity contribution >= 4 is 45.9 Å². The number of nitrogens with zero attached hydrogens (tertiary/aromatic N) is 2. The number of hydrogen-bond donors (Lipinski definition) is 6. The number of fused-ring (bicyclic) bond motifs is 1.